The molecule has 10 aromatic rings. The van der Waals surface area contributed by atoms with Crippen LogP contribution in [0.25, 0.3) is 88.4 Å². The van der Waals surface area contributed by atoms with Crippen LogP contribution in [0.2, 0.25) is 0 Å². The lowest BCUT2D eigenvalue weighted by Gasteiger charge is -2.19. The van der Waals surface area contributed by atoms with Gasteiger partial charge >= 0.3 is 0 Å². The van der Waals surface area contributed by atoms with Gasteiger partial charge in [-0.25, -0.2) is 0 Å². The van der Waals surface area contributed by atoms with Crippen LogP contribution in [0.4, 0.5) is 0 Å². The molecule has 0 aliphatic carbocycles. The molecule has 56 heavy (non-hydrogen) atoms. The van der Waals surface area contributed by atoms with Gasteiger partial charge in [-0.15, -0.1) is 0 Å². The van der Waals surface area contributed by atoms with Crippen LogP contribution in [0.1, 0.15) is 27.8 Å². The number of aryl methyl sites for hydroxylation is 4. The van der Waals surface area contributed by atoms with Gasteiger partial charge in [0.2, 0.25) is 0 Å². The van der Waals surface area contributed by atoms with E-state index in [0.717, 1.165) is 55.3 Å². The second kappa shape index (κ2) is 13.0. The second-order valence-electron chi connectivity index (χ2n) is 15.2. The molecule has 10 rings (SSSR count). The Labute approximate surface area is 326 Å². The number of fused-ring (bicyclic) bond motifs is 6. The van der Waals surface area contributed by atoms with Gasteiger partial charge in [0.1, 0.15) is 6.07 Å². The molecule has 0 amide bonds. The SMILES string of the molecule is Cc1cc(C)cc(-c2ccc3c(c2)c2ccccc2n3-c2cc(-c3ccncc3)c(-n3c4ccccc4c4cc(-c5cc(C)cc(C)c5)ccc43)cc2C#N)c1. The van der Waals surface area contributed by atoms with Crippen LogP contribution in [-0.4, -0.2) is 14.1 Å². The Bertz CT molecular complexity index is 3200. The van der Waals surface area contributed by atoms with Crippen molar-refractivity contribution in [3.05, 3.63) is 186 Å². The number of aromatic nitrogens is 3. The van der Waals surface area contributed by atoms with Crippen LogP contribution in [-0.2, 0) is 0 Å². The predicted molar refractivity (Wildman–Crippen MR) is 233 cm³/mol. The number of benzene rings is 7. The first-order valence-electron chi connectivity index (χ1n) is 19.1. The molecule has 4 nitrogen and oxygen atoms in total. The zero-order valence-electron chi connectivity index (χ0n) is 31.8. The lowest BCUT2D eigenvalue weighted by molar-refractivity contribution is 1.13. The molecule has 0 bridgehead atoms. The van der Waals surface area contributed by atoms with Crippen LogP contribution in [0.3, 0.4) is 0 Å². The predicted octanol–water partition coefficient (Wildman–Crippen LogP) is 13.4. The highest BCUT2D eigenvalue weighted by atomic mass is 15.0. The van der Waals surface area contributed by atoms with Gasteiger partial charge in [0.05, 0.1) is 39.0 Å². The van der Waals surface area contributed by atoms with Crippen molar-refractivity contribution in [1.29, 1.82) is 5.26 Å². The van der Waals surface area contributed by atoms with E-state index in [1.807, 2.05) is 12.4 Å². The van der Waals surface area contributed by atoms with Gasteiger partial charge in [0, 0.05) is 39.5 Å². The maximum Gasteiger partial charge on any atom is 0.101 e. The average molecular weight is 719 g/mol. The van der Waals surface area contributed by atoms with Gasteiger partial charge in [0.15, 0.2) is 0 Å². The summed E-state index contributed by atoms with van der Waals surface area (Å²) >= 11 is 0. The molecule has 0 spiro atoms. The van der Waals surface area contributed by atoms with Crippen LogP contribution in [0, 0.1) is 39.0 Å². The molecule has 7 aromatic carbocycles. The highest BCUT2D eigenvalue weighted by Crippen LogP contribution is 2.42. The van der Waals surface area contributed by atoms with E-state index in [9.17, 15) is 5.26 Å². The monoisotopic (exact) mass is 718 g/mol. The number of hydrogen-bond acceptors (Lipinski definition) is 2. The van der Waals surface area contributed by atoms with E-state index in [2.05, 4.69) is 193 Å². The number of rotatable bonds is 5. The standard InChI is InChI=1S/C52H38N4/c1-32-21-33(2)24-39(23-32)37-13-15-49-45(27-37)42-9-5-7-11-47(42)55(49)51-30-44(36-17-19-54-20-18-36)52(29-41(51)31-53)56-48-12-8-6-10-43(48)46-28-38(14-16-50(46)56)40-25-34(3)22-35(4)26-40/h5-30H,1-4H3. The van der Waals surface area contributed by atoms with Gasteiger partial charge in [-0.2, -0.15) is 5.26 Å². The third-order valence-electron chi connectivity index (χ3n) is 11.2. The number of nitriles is 1. The highest BCUT2D eigenvalue weighted by Gasteiger charge is 2.22. The Morgan fingerprint density at radius 2 is 0.875 bits per heavy atom. The molecular formula is C52H38N4. The van der Waals surface area contributed by atoms with Gasteiger partial charge < -0.3 is 9.13 Å². The van der Waals surface area contributed by atoms with Crippen molar-refractivity contribution in [2.75, 3.05) is 0 Å². The molecular weight excluding hydrogens is 681 g/mol. The van der Waals surface area contributed by atoms with E-state index >= 15 is 0 Å². The summed E-state index contributed by atoms with van der Waals surface area (Å²) in [7, 11) is 0. The van der Waals surface area contributed by atoms with Crippen molar-refractivity contribution in [1.82, 2.24) is 14.1 Å². The van der Waals surface area contributed by atoms with Crippen molar-refractivity contribution >= 4 is 43.6 Å². The van der Waals surface area contributed by atoms with Gasteiger partial charge in [-0.05, 0) is 116 Å². The molecule has 0 aliphatic heterocycles. The first kappa shape index (κ1) is 33.4. The molecule has 3 aromatic heterocycles. The smallest absolute Gasteiger partial charge is 0.101 e. The molecule has 4 heteroatoms. The van der Waals surface area contributed by atoms with Crippen molar-refractivity contribution in [3.8, 4) is 50.8 Å². The fourth-order valence-electron chi connectivity index (χ4n) is 8.91. The number of para-hydroxylation sites is 2. The van der Waals surface area contributed by atoms with Gasteiger partial charge in [0.25, 0.3) is 0 Å². The molecule has 0 unspecified atom stereocenters. The third-order valence-corrected chi connectivity index (χ3v) is 11.2. The first-order valence-corrected chi connectivity index (χ1v) is 19.1. The minimum absolute atomic E-state index is 0.594. The maximum atomic E-state index is 11.0. The van der Waals surface area contributed by atoms with E-state index in [-0.39, 0.29) is 0 Å². The topological polar surface area (TPSA) is 46.5 Å². The Balaban J connectivity index is 1.25. The lowest BCUT2D eigenvalue weighted by atomic mass is 9.98. The van der Waals surface area contributed by atoms with Crippen molar-refractivity contribution in [2.45, 2.75) is 27.7 Å². The zero-order chi connectivity index (χ0) is 38.1. The fourth-order valence-corrected chi connectivity index (χ4v) is 8.91. The number of hydrogen-bond donors (Lipinski definition) is 0. The summed E-state index contributed by atoms with van der Waals surface area (Å²) < 4.78 is 4.60. The summed E-state index contributed by atoms with van der Waals surface area (Å²) in [5.74, 6) is 0. The molecule has 0 fully saturated rings. The van der Waals surface area contributed by atoms with Crippen molar-refractivity contribution in [2.24, 2.45) is 0 Å². The molecule has 0 N–H and O–H groups in total. The first-order chi connectivity index (χ1) is 27.3. The Morgan fingerprint density at radius 3 is 1.38 bits per heavy atom. The quantitative estimate of drug-likeness (QED) is 0.178. The molecule has 0 aliphatic rings. The summed E-state index contributed by atoms with van der Waals surface area (Å²) in [6.45, 7) is 8.61. The molecule has 266 valence electrons. The molecule has 0 saturated carbocycles. The second-order valence-corrected chi connectivity index (χ2v) is 15.2. The van der Waals surface area contributed by atoms with Crippen molar-refractivity contribution in [3.63, 3.8) is 0 Å². The summed E-state index contributed by atoms with van der Waals surface area (Å²) in [4.78, 5) is 4.38. The molecule has 3 heterocycles. The van der Waals surface area contributed by atoms with Crippen LogP contribution in [0.5, 0.6) is 0 Å². The van der Waals surface area contributed by atoms with Crippen molar-refractivity contribution < 1.29 is 0 Å². The van der Waals surface area contributed by atoms with Gasteiger partial charge in [-0.1, -0.05) is 107 Å². The summed E-state index contributed by atoms with van der Waals surface area (Å²) in [5, 5.41) is 15.7. The van der Waals surface area contributed by atoms with Crippen LogP contribution in [0.15, 0.2) is 158 Å². The number of nitrogens with zero attached hydrogens (tertiary/aromatic N) is 4. The highest BCUT2D eigenvalue weighted by molar-refractivity contribution is 6.12. The Hall–Kier alpha value is -7.22. The molecule has 0 saturated heterocycles. The lowest BCUT2D eigenvalue weighted by Crippen LogP contribution is -2.04. The van der Waals surface area contributed by atoms with Gasteiger partial charge in [-0.3, -0.25) is 4.98 Å². The molecule has 0 radical (unpaired) electrons. The van der Waals surface area contributed by atoms with E-state index < -0.39 is 0 Å². The molecule has 0 atom stereocenters. The van der Waals surface area contributed by atoms with E-state index in [1.165, 1.54) is 55.3 Å². The maximum absolute atomic E-state index is 11.0. The Morgan fingerprint density at radius 1 is 0.411 bits per heavy atom. The van der Waals surface area contributed by atoms with Crippen LogP contribution >= 0.6 is 0 Å². The summed E-state index contributed by atoms with van der Waals surface area (Å²) in [6.07, 6.45) is 3.68. The average Bonchev–Trinajstić information content (AvgIpc) is 3.72. The Kier molecular flexibility index (Phi) is 7.73. The summed E-state index contributed by atoms with van der Waals surface area (Å²) in [6, 6.07) is 55.1. The van der Waals surface area contributed by atoms with E-state index in [4.69, 9.17) is 0 Å². The fraction of sp³-hybridized carbons (Fsp3) is 0.0769. The number of pyridine rings is 1. The normalized spacial score (nSPS) is 11.6. The van der Waals surface area contributed by atoms with E-state index in [0.29, 0.717) is 5.56 Å². The zero-order valence-corrected chi connectivity index (χ0v) is 31.8. The largest absolute Gasteiger partial charge is 0.309 e. The van der Waals surface area contributed by atoms with Crippen LogP contribution < -0.4 is 0 Å². The minimum atomic E-state index is 0.594. The third kappa shape index (κ3) is 5.40. The van der Waals surface area contributed by atoms with E-state index in [1.54, 1.807) is 0 Å². The minimum Gasteiger partial charge on any atom is -0.309 e. The summed E-state index contributed by atoms with van der Waals surface area (Å²) in [5.41, 5.74) is 18.5.